The molecular formula is C16H26ClN3O3. The molecule has 0 aliphatic carbocycles. The van der Waals surface area contributed by atoms with Crippen LogP contribution in [0.25, 0.3) is 0 Å². The second-order valence-corrected chi connectivity index (χ2v) is 5.44. The van der Waals surface area contributed by atoms with Crippen molar-refractivity contribution in [3.05, 3.63) is 18.2 Å². The number of benzene rings is 1. The highest BCUT2D eigenvalue weighted by atomic mass is 35.5. The molecule has 0 unspecified atom stereocenters. The molecule has 7 heteroatoms. The van der Waals surface area contributed by atoms with Gasteiger partial charge in [-0.2, -0.15) is 0 Å². The molecule has 1 fully saturated rings. The Morgan fingerprint density at radius 3 is 2.35 bits per heavy atom. The smallest absolute Gasteiger partial charge is 0.217 e. The van der Waals surface area contributed by atoms with Crippen molar-refractivity contribution in [2.24, 2.45) is 5.73 Å². The molecule has 1 aromatic carbocycles. The van der Waals surface area contributed by atoms with Crippen LogP contribution >= 0.6 is 12.4 Å². The van der Waals surface area contributed by atoms with E-state index in [-0.39, 0.29) is 18.3 Å². The minimum absolute atomic E-state index is 0. The summed E-state index contributed by atoms with van der Waals surface area (Å²) in [5, 5.41) is 0. The molecule has 1 heterocycles. The maximum absolute atomic E-state index is 10.8. The molecule has 1 aliphatic rings. The van der Waals surface area contributed by atoms with Crippen LogP contribution in [-0.2, 0) is 4.79 Å². The van der Waals surface area contributed by atoms with Crippen molar-refractivity contribution in [2.75, 3.05) is 51.8 Å². The Balaban J connectivity index is 0.00000264. The Morgan fingerprint density at radius 1 is 1.13 bits per heavy atom. The zero-order valence-electron chi connectivity index (χ0n) is 13.8. The first-order chi connectivity index (χ1) is 10.6. The average Bonchev–Trinajstić information content (AvgIpc) is 2.54. The fraction of sp³-hybridized carbons (Fsp3) is 0.562. The van der Waals surface area contributed by atoms with Crippen molar-refractivity contribution in [1.82, 2.24) is 4.90 Å². The highest BCUT2D eigenvalue weighted by Gasteiger charge is 2.18. The van der Waals surface area contributed by atoms with Gasteiger partial charge in [0.25, 0.3) is 0 Å². The first-order valence-corrected chi connectivity index (χ1v) is 7.61. The Morgan fingerprint density at radius 2 is 1.78 bits per heavy atom. The number of anilines is 1. The van der Waals surface area contributed by atoms with E-state index in [2.05, 4.69) is 15.9 Å². The van der Waals surface area contributed by atoms with Gasteiger partial charge in [0.05, 0.1) is 14.2 Å². The Bertz CT molecular complexity index is 505. The largest absolute Gasteiger partial charge is 0.493 e. The molecular weight excluding hydrogens is 318 g/mol. The number of primary amides is 1. The molecule has 0 saturated carbocycles. The summed E-state index contributed by atoms with van der Waals surface area (Å²) < 4.78 is 10.6. The third-order valence-electron chi connectivity index (χ3n) is 4.00. The maximum Gasteiger partial charge on any atom is 0.217 e. The molecule has 23 heavy (non-hydrogen) atoms. The maximum atomic E-state index is 10.8. The van der Waals surface area contributed by atoms with E-state index in [9.17, 15) is 4.79 Å². The summed E-state index contributed by atoms with van der Waals surface area (Å²) in [6.45, 7) is 4.85. The lowest BCUT2D eigenvalue weighted by Gasteiger charge is -2.36. The van der Waals surface area contributed by atoms with Gasteiger partial charge in [0.2, 0.25) is 5.91 Å². The van der Waals surface area contributed by atoms with Crippen molar-refractivity contribution in [3.63, 3.8) is 0 Å². The predicted octanol–water partition coefficient (Wildman–Crippen LogP) is 1.51. The van der Waals surface area contributed by atoms with Gasteiger partial charge in [0, 0.05) is 44.4 Å². The first-order valence-electron chi connectivity index (χ1n) is 7.61. The van der Waals surface area contributed by atoms with Crippen LogP contribution in [-0.4, -0.2) is 57.8 Å². The molecule has 0 aromatic heterocycles. The van der Waals surface area contributed by atoms with Gasteiger partial charge < -0.3 is 20.1 Å². The number of halogens is 1. The van der Waals surface area contributed by atoms with Gasteiger partial charge >= 0.3 is 0 Å². The standard InChI is InChI=1S/C16H25N3O3.ClH/c1-21-14-6-5-13(12-15(14)22-2)19-10-8-18(9-11-19)7-3-4-16(17)20;/h5-6,12H,3-4,7-11H2,1-2H3,(H2,17,20);1H. The quantitative estimate of drug-likeness (QED) is 0.813. The van der Waals surface area contributed by atoms with Crippen LogP contribution in [0, 0.1) is 0 Å². The minimum Gasteiger partial charge on any atom is -0.493 e. The highest BCUT2D eigenvalue weighted by molar-refractivity contribution is 5.85. The summed E-state index contributed by atoms with van der Waals surface area (Å²) in [6, 6.07) is 6.01. The number of nitrogens with zero attached hydrogens (tertiary/aromatic N) is 2. The van der Waals surface area contributed by atoms with E-state index in [4.69, 9.17) is 15.2 Å². The number of nitrogens with two attached hydrogens (primary N) is 1. The highest BCUT2D eigenvalue weighted by Crippen LogP contribution is 2.31. The fourth-order valence-electron chi connectivity index (χ4n) is 2.73. The number of ether oxygens (including phenoxy) is 2. The van der Waals surface area contributed by atoms with Gasteiger partial charge in [0.1, 0.15) is 0 Å². The van der Waals surface area contributed by atoms with E-state index in [1.807, 2.05) is 12.1 Å². The molecule has 130 valence electrons. The van der Waals surface area contributed by atoms with Crippen molar-refractivity contribution in [2.45, 2.75) is 12.8 Å². The second kappa shape index (κ2) is 9.47. The van der Waals surface area contributed by atoms with E-state index < -0.39 is 0 Å². The van der Waals surface area contributed by atoms with Gasteiger partial charge in [-0.1, -0.05) is 0 Å². The average molecular weight is 344 g/mol. The van der Waals surface area contributed by atoms with Crippen molar-refractivity contribution < 1.29 is 14.3 Å². The van der Waals surface area contributed by atoms with Crippen LogP contribution < -0.4 is 20.1 Å². The first kappa shape index (κ1) is 19.4. The zero-order chi connectivity index (χ0) is 15.9. The lowest BCUT2D eigenvalue weighted by Crippen LogP contribution is -2.46. The SMILES string of the molecule is COc1ccc(N2CCN(CCCC(N)=O)CC2)cc1OC.Cl. The number of carbonyl (C=O) groups is 1. The van der Waals surface area contributed by atoms with E-state index in [0.29, 0.717) is 6.42 Å². The Labute approximate surface area is 143 Å². The third kappa shape index (κ3) is 5.48. The fourth-order valence-corrected chi connectivity index (χ4v) is 2.73. The summed E-state index contributed by atoms with van der Waals surface area (Å²) >= 11 is 0. The van der Waals surface area contributed by atoms with Crippen molar-refractivity contribution in [1.29, 1.82) is 0 Å². The molecule has 1 aliphatic heterocycles. The summed E-state index contributed by atoms with van der Waals surface area (Å²) in [6.07, 6.45) is 1.31. The number of piperazine rings is 1. The Kier molecular flexibility index (Phi) is 7.98. The Hall–Kier alpha value is -1.66. The van der Waals surface area contributed by atoms with Crippen LogP contribution in [0.2, 0.25) is 0 Å². The topological polar surface area (TPSA) is 68.0 Å². The molecule has 1 saturated heterocycles. The molecule has 2 rings (SSSR count). The van der Waals surface area contributed by atoms with Crippen LogP contribution in [0.4, 0.5) is 5.69 Å². The number of hydrogen-bond donors (Lipinski definition) is 1. The van der Waals surface area contributed by atoms with E-state index in [0.717, 1.165) is 56.3 Å². The van der Waals surface area contributed by atoms with Crippen LogP contribution in [0.1, 0.15) is 12.8 Å². The molecule has 0 atom stereocenters. The molecule has 0 spiro atoms. The number of amides is 1. The summed E-state index contributed by atoms with van der Waals surface area (Å²) in [5.41, 5.74) is 6.32. The van der Waals surface area contributed by atoms with Gasteiger partial charge in [-0.05, 0) is 25.1 Å². The van der Waals surface area contributed by atoms with Crippen molar-refractivity contribution >= 4 is 24.0 Å². The van der Waals surface area contributed by atoms with Crippen LogP contribution in [0.5, 0.6) is 11.5 Å². The number of methoxy groups -OCH3 is 2. The van der Waals surface area contributed by atoms with Gasteiger partial charge in [0.15, 0.2) is 11.5 Å². The van der Waals surface area contributed by atoms with Crippen LogP contribution in [0.3, 0.4) is 0 Å². The predicted molar refractivity (Wildman–Crippen MR) is 93.9 cm³/mol. The molecule has 1 amide bonds. The van der Waals surface area contributed by atoms with Gasteiger partial charge in [-0.25, -0.2) is 0 Å². The van der Waals surface area contributed by atoms with E-state index >= 15 is 0 Å². The van der Waals surface area contributed by atoms with Gasteiger partial charge in [-0.15, -0.1) is 12.4 Å². The third-order valence-corrected chi connectivity index (χ3v) is 4.00. The summed E-state index contributed by atoms with van der Waals surface area (Å²) in [5.74, 6) is 1.28. The van der Waals surface area contributed by atoms with Crippen LogP contribution in [0.15, 0.2) is 18.2 Å². The molecule has 6 nitrogen and oxygen atoms in total. The molecule has 2 N–H and O–H groups in total. The zero-order valence-corrected chi connectivity index (χ0v) is 14.6. The lowest BCUT2D eigenvalue weighted by atomic mass is 10.2. The second-order valence-electron chi connectivity index (χ2n) is 5.44. The molecule has 1 aromatic rings. The number of carbonyl (C=O) groups excluding carboxylic acids is 1. The van der Waals surface area contributed by atoms with E-state index in [1.165, 1.54) is 0 Å². The molecule has 0 bridgehead atoms. The van der Waals surface area contributed by atoms with Crippen molar-refractivity contribution in [3.8, 4) is 11.5 Å². The summed E-state index contributed by atoms with van der Waals surface area (Å²) in [4.78, 5) is 15.5. The number of hydrogen-bond acceptors (Lipinski definition) is 5. The number of rotatable bonds is 7. The van der Waals surface area contributed by atoms with Gasteiger partial charge in [-0.3, -0.25) is 9.69 Å². The monoisotopic (exact) mass is 343 g/mol. The lowest BCUT2D eigenvalue weighted by molar-refractivity contribution is -0.118. The summed E-state index contributed by atoms with van der Waals surface area (Å²) in [7, 11) is 3.29. The normalized spacial score (nSPS) is 15.0. The molecule has 0 radical (unpaired) electrons. The minimum atomic E-state index is -0.219. The van der Waals surface area contributed by atoms with E-state index in [1.54, 1.807) is 14.2 Å².